The van der Waals surface area contributed by atoms with Gasteiger partial charge in [0.15, 0.2) is 0 Å². The van der Waals surface area contributed by atoms with Crippen LogP contribution in [0, 0.1) is 6.92 Å². The van der Waals surface area contributed by atoms with E-state index in [0.29, 0.717) is 5.02 Å². The highest BCUT2D eigenvalue weighted by atomic mass is 35.5. The van der Waals surface area contributed by atoms with Crippen molar-refractivity contribution in [3.05, 3.63) is 34.3 Å². The van der Waals surface area contributed by atoms with Gasteiger partial charge >= 0.3 is 5.97 Å². The molecule has 80 valence electrons. The van der Waals surface area contributed by atoms with E-state index in [1.807, 2.05) is 19.1 Å². The largest absolute Gasteiger partial charge is 0.481 e. The van der Waals surface area contributed by atoms with E-state index in [9.17, 15) is 9.90 Å². The molecule has 0 radical (unpaired) electrons. The number of halogens is 1. The van der Waals surface area contributed by atoms with Gasteiger partial charge < -0.3 is 5.11 Å². The highest BCUT2D eigenvalue weighted by molar-refractivity contribution is 6.31. The van der Waals surface area contributed by atoms with Crippen LogP contribution in [0.1, 0.15) is 30.4 Å². The lowest BCUT2D eigenvalue weighted by Crippen LogP contribution is -2.42. The van der Waals surface area contributed by atoms with E-state index in [2.05, 4.69) is 0 Å². The van der Waals surface area contributed by atoms with Crippen molar-refractivity contribution in [2.24, 2.45) is 0 Å². The van der Waals surface area contributed by atoms with Gasteiger partial charge in [-0.05, 0) is 37.0 Å². The van der Waals surface area contributed by atoms with E-state index >= 15 is 0 Å². The number of carbonyl (C=O) groups is 1. The molecule has 0 saturated heterocycles. The molecule has 1 aliphatic carbocycles. The molecule has 0 aliphatic heterocycles. The Kier molecular flexibility index (Phi) is 2.47. The van der Waals surface area contributed by atoms with Crippen LogP contribution in [0.2, 0.25) is 5.02 Å². The van der Waals surface area contributed by atoms with Crippen LogP contribution in [0.4, 0.5) is 0 Å². The normalized spacial score (nSPS) is 18.3. The van der Waals surface area contributed by atoms with Gasteiger partial charge in [-0.2, -0.15) is 0 Å². The minimum absolute atomic E-state index is 0.653. The number of carboxylic acid groups (broad SMARTS) is 1. The van der Waals surface area contributed by atoms with Crippen molar-refractivity contribution in [2.75, 3.05) is 0 Å². The maximum Gasteiger partial charge on any atom is 0.314 e. The molecule has 0 aromatic heterocycles. The molecule has 3 heteroatoms. The zero-order valence-electron chi connectivity index (χ0n) is 8.59. The first-order valence-electron chi connectivity index (χ1n) is 5.06. The Morgan fingerprint density at radius 3 is 2.53 bits per heavy atom. The highest BCUT2D eigenvalue weighted by Crippen LogP contribution is 2.44. The number of benzene rings is 1. The Balaban J connectivity index is 2.44. The van der Waals surface area contributed by atoms with Crippen LogP contribution in [0.3, 0.4) is 0 Å². The van der Waals surface area contributed by atoms with Crippen LogP contribution >= 0.6 is 11.6 Å². The van der Waals surface area contributed by atoms with Gasteiger partial charge in [0.05, 0.1) is 5.41 Å². The Labute approximate surface area is 93.9 Å². The number of rotatable bonds is 2. The maximum atomic E-state index is 11.3. The second-order valence-corrected chi connectivity index (χ2v) is 4.61. The predicted octanol–water partition coefficient (Wildman–Crippen LogP) is 3.15. The fourth-order valence-electron chi connectivity index (χ4n) is 2.05. The van der Waals surface area contributed by atoms with E-state index in [1.165, 1.54) is 0 Å². The summed E-state index contributed by atoms with van der Waals surface area (Å²) in [5.41, 5.74) is 1.16. The molecule has 0 spiro atoms. The molecule has 2 rings (SSSR count). The molecular weight excluding hydrogens is 212 g/mol. The molecule has 0 atom stereocenters. The Hall–Kier alpha value is -1.02. The number of carboxylic acids is 1. The molecule has 1 fully saturated rings. The first-order valence-corrected chi connectivity index (χ1v) is 5.44. The van der Waals surface area contributed by atoms with Crippen LogP contribution in [0.25, 0.3) is 0 Å². The van der Waals surface area contributed by atoms with Crippen molar-refractivity contribution in [2.45, 2.75) is 31.6 Å². The Bertz CT molecular complexity index is 408. The third-order valence-electron chi connectivity index (χ3n) is 3.34. The summed E-state index contributed by atoms with van der Waals surface area (Å²) in [5, 5.41) is 9.91. The van der Waals surface area contributed by atoms with Crippen molar-refractivity contribution in [3.63, 3.8) is 0 Å². The van der Waals surface area contributed by atoms with Crippen molar-refractivity contribution >= 4 is 17.6 Å². The SMILES string of the molecule is Cc1ccc(C2(C(=O)O)CCC2)cc1Cl. The van der Waals surface area contributed by atoms with Crippen molar-refractivity contribution in [1.82, 2.24) is 0 Å². The lowest BCUT2D eigenvalue weighted by Gasteiger charge is -2.38. The van der Waals surface area contributed by atoms with Crippen LogP contribution < -0.4 is 0 Å². The third-order valence-corrected chi connectivity index (χ3v) is 3.75. The smallest absolute Gasteiger partial charge is 0.314 e. The van der Waals surface area contributed by atoms with Gasteiger partial charge in [0, 0.05) is 5.02 Å². The average Bonchev–Trinajstić information content (AvgIpc) is 2.08. The summed E-state index contributed by atoms with van der Waals surface area (Å²) in [5.74, 6) is -0.728. The number of hydrogen-bond donors (Lipinski definition) is 1. The van der Waals surface area contributed by atoms with Crippen LogP contribution in [-0.4, -0.2) is 11.1 Å². The second-order valence-electron chi connectivity index (χ2n) is 4.20. The third kappa shape index (κ3) is 1.53. The molecule has 2 nitrogen and oxygen atoms in total. The molecule has 1 aliphatic rings. The molecule has 1 aromatic carbocycles. The summed E-state index contributed by atoms with van der Waals surface area (Å²) in [6.45, 7) is 1.92. The van der Waals surface area contributed by atoms with Crippen molar-refractivity contribution in [3.8, 4) is 0 Å². The summed E-state index contributed by atoms with van der Waals surface area (Å²) in [4.78, 5) is 11.3. The molecule has 15 heavy (non-hydrogen) atoms. The van der Waals surface area contributed by atoms with Gasteiger partial charge in [-0.1, -0.05) is 30.2 Å². The summed E-state index contributed by atoms with van der Waals surface area (Å²) < 4.78 is 0. The van der Waals surface area contributed by atoms with Gasteiger partial charge in [0.2, 0.25) is 0 Å². The first kappa shape index (κ1) is 10.5. The molecule has 0 unspecified atom stereocenters. The lowest BCUT2D eigenvalue weighted by atomic mass is 9.64. The van der Waals surface area contributed by atoms with E-state index in [-0.39, 0.29) is 0 Å². The molecule has 1 N–H and O–H groups in total. The predicted molar refractivity (Wildman–Crippen MR) is 59.4 cm³/mol. The van der Waals surface area contributed by atoms with Crippen molar-refractivity contribution in [1.29, 1.82) is 0 Å². The van der Waals surface area contributed by atoms with Gasteiger partial charge in [0.1, 0.15) is 0 Å². The highest BCUT2D eigenvalue weighted by Gasteiger charge is 2.45. The molecule has 1 aromatic rings. The summed E-state index contributed by atoms with van der Waals surface area (Å²) >= 11 is 6.01. The van der Waals surface area contributed by atoms with E-state index in [1.54, 1.807) is 6.07 Å². The number of aliphatic carboxylic acids is 1. The first-order chi connectivity index (χ1) is 7.06. The second kappa shape index (κ2) is 3.53. The molecule has 1 saturated carbocycles. The zero-order valence-corrected chi connectivity index (χ0v) is 9.34. The van der Waals surface area contributed by atoms with Crippen LogP contribution in [0.5, 0.6) is 0 Å². The fraction of sp³-hybridized carbons (Fsp3) is 0.417. The minimum Gasteiger partial charge on any atom is -0.481 e. The average molecular weight is 225 g/mol. The topological polar surface area (TPSA) is 37.3 Å². The van der Waals surface area contributed by atoms with E-state index in [0.717, 1.165) is 30.4 Å². The molecule has 0 bridgehead atoms. The summed E-state index contributed by atoms with van der Waals surface area (Å²) in [6, 6.07) is 5.57. The molecular formula is C12H13ClO2. The van der Waals surface area contributed by atoms with Crippen molar-refractivity contribution < 1.29 is 9.90 Å². The van der Waals surface area contributed by atoms with E-state index in [4.69, 9.17) is 11.6 Å². The van der Waals surface area contributed by atoms with Crippen LogP contribution in [0.15, 0.2) is 18.2 Å². The summed E-state index contributed by atoms with van der Waals surface area (Å²) in [6.07, 6.45) is 2.43. The maximum absolute atomic E-state index is 11.3. The zero-order chi connectivity index (χ0) is 11.1. The Morgan fingerprint density at radius 2 is 2.13 bits per heavy atom. The fourth-order valence-corrected chi connectivity index (χ4v) is 2.23. The van der Waals surface area contributed by atoms with Gasteiger partial charge in [0.25, 0.3) is 0 Å². The van der Waals surface area contributed by atoms with Gasteiger partial charge in [-0.25, -0.2) is 0 Å². The van der Waals surface area contributed by atoms with E-state index < -0.39 is 11.4 Å². The summed E-state index contributed by atoms with van der Waals surface area (Å²) in [7, 11) is 0. The van der Waals surface area contributed by atoms with Gasteiger partial charge in [-0.3, -0.25) is 4.79 Å². The standard InChI is InChI=1S/C12H13ClO2/c1-8-3-4-9(7-10(8)13)12(11(14)15)5-2-6-12/h3-4,7H,2,5-6H2,1H3,(H,14,15). The minimum atomic E-state index is -0.728. The van der Waals surface area contributed by atoms with Crippen LogP contribution in [-0.2, 0) is 10.2 Å². The number of aryl methyl sites for hydroxylation is 1. The molecule has 0 heterocycles. The Morgan fingerprint density at radius 1 is 1.47 bits per heavy atom. The quantitative estimate of drug-likeness (QED) is 0.838. The van der Waals surface area contributed by atoms with Gasteiger partial charge in [-0.15, -0.1) is 0 Å². The monoisotopic (exact) mass is 224 g/mol. The number of hydrogen-bond acceptors (Lipinski definition) is 1. The molecule has 0 amide bonds. The lowest BCUT2D eigenvalue weighted by molar-refractivity contribution is -0.147.